The fraction of sp³-hybridized carbons (Fsp3) is 0.579. The van der Waals surface area contributed by atoms with Crippen molar-refractivity contribution in [1.82, 2.24) is 20.0 Å². The normalized spacial score (nSPS) is 21.6. The predicted octanol–water partition coefficient (Wildman–Crippen LogP) is 1.68. The first kappa shape index (κ1) is 15.0. The Morgan fingerprint density at radius 1 is 0.960 bits per heavy atom. The lowest BCUT2D eigenvalue weighted by Crippen LogP contribution is -2.38. The van der Waals surface area contributed by atoms with E-state index >= 15 is 0 Å². The van der Waals surface area contributed by atoms with Crippen molar-refractivity contribution < 1.29 is 0 Å². The van der Waals surface area contributed by atoms with Gasteiger partial charge in [0.05, 0.1) is 24.0 Å². The third kappa shape index (κ3) is 2.64. The second-order valence-corrected chi connectivity index (χ2v) is 7.51. The molecule has 2 aliphatic carbocycles. The van der Waals surface area contributed by atoms with Crippen molar-refractivity contribution in [3.8, 4) is 0 Å². The quantitative estimate of drug-likeness (QED) is 0.853. The number of aryl methyl sites for hydroxylation is 4. The van der Waals surface area contributed by atoms with Crippen molar-refractivity contribution in [2.24, 2.45) is 0 Å². The highest BCUT2D eigenvalue weighted by Crippen LogP contribution is 2.28. The summed E-state index contributed by atoms with van der Waals surface area (Å²) in [5.41, 5.74) is 4.81. The molecule has 0 spiro atoms. The number of aromatic nitrogens is 4. The number of hydrogen-bond acceptors (Lipinski definition) is 5. The van der Waals surface area contributed by atoms with Crippen molar-refractivity contribution in [2.45, 2.75) is 64.0 Å². The molecule has 0 saturated carbocycles. The number of rotatable bonds is 3. The minimum Gasteiger partial charge on any atom is -0.350 e. The summed E-state index contributed by atoms with van der Waals surface area (Å²) in [4.78, 5) is 14.7. The topological polar surface area (TPSA) is 63.9 Å². The first-order chi connectivity index (χ1) is 12.3. The van der Waals surface area contributed by atoms with E-state index in [1.165, 1.54) is 12.0 Å². The van der Waals surface area contributed by atoms with Gasteiger partial charge in [-0.15, -0.1) is 5.10 Å². The van der Waals surface area contributed by atoms with E-state index in [1.807, 2.05) is 0 Å². The zero-order valence-corrected chi connectivity index (χ0v) is 14.4. The minimum absolute atomic E-state index is 0.0348. The van der Waals surface area contributed by atoms with Crippen LogP contribution in [0.1, 0.15) is 48.2 Å². The molecule has 2 aromatic rings. The number of anilines is 1. The van der Waals surface area contributed by atoms with Crippen molar-refractivity contribution >= 4 is 5.82 Å². The van der Waals surface area contributed by atoms with Gasteiger partial charge in [0.1, 0.15) is 0 Å². The lowest BCUT2D eigenvalue weighted by atomic mass is 10.2. The Kier molecular flexibility index (Phi) is 3.57. The van der Waals surface area contributed by atoms with Crippen molar-refractivity contribution in [3.05, 3.63) is 45.0 Å². The molecule has 0 bridgehead atoms. The maximum absolute atomic E-state index is 12.4. The van der Waals surface area contributed by atoms with Crippen LogP contribution in [0.3, 0.4) is 0 Å². The minimum atomic E-state index is 0.0348. The van der Waals surface area contributed by atoms with Crippen LogP contribution in [0, 0.1) is 0 Å². The molecule has 2 aromatic heterocycles. The molecule has 6 nitrogen and oxygen atoms in total. The van der Waals surface area contributed by atoms with Gasteiger partial charge in [-0.2, -0.15) is 10.2 Å². The van der Waals surface area contributed by atoms with E-state index in [4.69, 9.17) is 0 Å². The zero-order chi connectivity index (χ0) is 16.8. The van der Waals surface area contributed by atoms with Crippen LogP contribution in [0.15, 0.2) is 16.9 Å². The Morgan fingerprint density at radius 3 is 2.64 bits per heavy atom. The van der Waals surface area contributed by atoms with Crippen LogP contribution in [0.25, 0.3) is 0 Å². The monoisotopic (exact) mass is 337 g/mol. The van der Waals surface area contributed by atoms with Crippen molar-refractivity contribution in [2.75, 3.05) is 11.4 Å². The Labute approximate surface area is 146 Å². The van der Waals surface area contributed by atoms with Crippen LogP contribution in [-0.2, 0) is 32.2 Å². The van der Waals surface area contributed by atoms with E-state index in [0.29, 0.717) is 6.54 Å². The van der Waals surface area contributed by atoms with Crippen molar-refractivity contribution in [3.63, 3.8) is 0 Å². The highest BCUT2D eigenvalue weighted by atomic mass is 16.1. The molecular weight excluding hydrogens is 314 g/mol. The molecule has 0 amide bonds. The summed E-state index contributed by atoms with van der Waals surface area (Å²) in [6, 6.07) is 4.29. The lowest BCUT2D eigenvalue weighted by molar-refractivity contribution is 0.481. The highest BCUT2D eigenvalue weighted by Gasteiger charge is 2.28. The van der Waals surface area contributed by atoms with Crippen LogP contribution in [0.4, 0.5) is 5.82 Å². The fourth-order valence-corrected chi connectivity index (χ4v) is 4.55. The third-order valence-corrected chi connectivity index (χ3v) is 5.89. The standard InChI is InChI=1S/C19H23N5O/c25-19-11-14-5-2-8-17(14)22-24(19)12-15-6-3-9-23(15)18-10-13-4-1-7-16(13)20-21-18/h10-11,15H,1-9,12H2. The third-order valence-electron chi connectivity index (χ3n) is 5.89. The van der Waals surface area contributed by atoms with Gasteiger partial charge in [-0.3, -0.25) is 4.79 Å². The van der Waals surface area contributed by atoms with Crippen LogP contribution >= 0.6 is 0 Å². The first-order valence-corrected chi connectivity index (χ1v) is 9.50. The molecule has 1 fully saturated rings. The summed E-state index contributed by atoms with van der Waals surface area (Å²) in [5.74, 6) is 0.970. The molecule has 25 heavy (non-hydrogen) atoms. The molecule has 3 heterocycles. The van der Waals surface area contributed by atoms with Gasteiger partial charge in [0.25, 0.3) is 5.56 Å². The van der Waals surface area contributed by atoms with E-state index in [2.05, 4.69) is 26.3 Å². The second-order valence-electron chi connectivity index (χ2n) is 7.51. The molecular formula is C19H23N5O. The molecule has 1 aliphatic heterocycles. The molecule has 130 valence electrons. The average Bonchev–Trinajstić information content (AvgIpc) is 3.34. The highest BCUT2D eigenvalue weighted by molar-refractivity contribution is 5.44. The number of fused-ring (bicyclic) bond motifs is 2. The van der Waals surface area contributed by atoms with Crippen LogP contribution in [0.5, 0.6) is 0 Å². The van der Waals surface area contributed by atoms with Gasteiger partial charge in [0.2, 0.25) is 0 Å². The van der Waals surface area contributed by atoms with Crippen LogP contribution in [-0.4, -0.2) is 32.6 Å². The summed E-state index contributed by atoms with van der Waals surface area (Å²) in [6.45, 7) is 1.63. The van der Waals surface area contributed by atoms with Gasteiger partial charge in [-0.1, -0.05) is 0 Å². The molecule has 0 radical (unpaired) electrons. The molecule has 3 aliphatic rings. The molecule has 6 heteroatoms. The summed E-state index contributed by atoms with van der Waals surface area (Å²) in [7, 11) is 0. The van der Waals surface area contributed by atoms with Gasteiger partial charge < -0.3 is 4.90 Å². The Balaban J connectivity index is 1.41. The smallest absolute Gasteiger partial charge is 0.267 e. The SMILES string of the molecule is O=c1cc2c(nn1CC1CCCN1c1cc3c(nn1)CCC3)CCC2. The number of hydrogen-bond donors (Lipinski definition) is 0. The summed E-state index contributed by atoms with van der Waals surface area (Å²) >= 11 is 0. The average molecular weight is 337 g/mol. The van der Waals surface area contributed by atoms with Gasteiger partial charge in [0.15, 0.2) is 5.82 Å². The second kappa shape index (κ2) is 5.93. The summed E-state index contributed by atoms with van der Waals surface area (Å²) < 4.78 is 1.67. The molecule has 1 atom stereocenters. The van der Waals surface area contributed by atoms with Crippen LogP contribution < -0.4 is 10.5 Å². The number of nitrogens with zero attached hydrogens (tertiary/aromatic N) is 5. The zero-order valence-electron chi connectivity index (χ0n) is 14.4. The largest absolute Gasteiger partial charge is 0.350 e. The summed E-state index contributed by atoms with van der Waals surface area (Å²) in [5, 5.41) is 13.6. The van der Waals surface area contributed by atoms with Gasteiger partial charge in [-0.25, -0.2) is 4.68 Å². The maximum atomic E-state index is 12.4. The molecule has 0 N–H and O–H groups in total. The fourth-order valence-electron chi connectivity index (χ4n) is 4.55. The van der Waals surface area contributed by atoms with E-state index in [1.54, 1.807) is 10.7 Å². The molecule has 1 unspecified atom stereocenters. The van der Waals surface area contributed by atoms with Crippen molar-refractivity contribution in [1.29, 1.82) is 0 Å². The van der Waals surface area contributed by atoms with Crippen LogP contribution in [0.2, 0.25) is 0 Å². The van der Waals surface area contributed by atoms with Gasteiger partial charge in [-0.05, 0) is 68.6 Å². The Bertz CT molecular complexity index is 875. The van der Waals surface area contributed by atoms with Gasteiger partial charge in [0, 0.05) is 12.6 Å². The first-order valence-electron chi connectivity index (χ1n) is 9.50. The Hall–Kier alpha value is -2.24. The molecule has 1 saturated heterocycles. The van der Waals surface area contributed by atoms with Gasteiger partial charge >= 0.3 is 0 Å². The van der Waals surface area contributed by atoms with E-state index in [9.17, 15) is 4.79 Å². The Morgan fingerprint density at radius 2 is 1.76 bits per heavy atom. The summed E-state index contributed by atoms with van der Waals surface area (Å²) in [6.07, 6.45) is 8.67. The van der Waals surface area contributed by atoms with E-state index in [-0.39, 0.29) is 11.6 Å². The molecule has 0 aromatic carbocycles. The molecule has 5 rings (SSSR count). The maximum Gasteiger partial charge on any atom is 0.267 e. The lowest BCUT2D eigenvalue weighted by Gasteiger charge is -2.26. The van der Waals surface area contributed by atoms with E-state index < -0.39 is 0 Å². The van der Waals surface area contributed by atoms with E-state index in [0.717, 1.165) is 74.3 Å². The predicted molar refractivity (Wildman–Crippen MR) is 94.9 cm³/mol.